The molecule has 1 aliphatic rings. The van der Waals surface area contributed by atoms with Crippen LogP contribution in [0.3, 0.4) is 0 Å². The minimum atomic E-state index is -2.64. The molecule has 6 heteroatoms. The Labute approximate surface area is 75.8 Å². The summed E-state index contributed by atoms with van der Waals surface area (Å²) in [5, 5.41) is 37.2. The third-order valence-corrected chi connectivity index (χ3v) is 2.13. The first kappa shape index (κ1) is 9.04. The third kappa shape index (κ3) is 1.27. The fourth-order valence-electron chi connectivity index (χ4n) is 1.18. The molecule has 4 N–H and O–H groups in total. The van der Waals surface area contributed by atoms with E-state index in [9.17, 15) is 20.1 Å². The molecule has 0 saturated carbocycles. The van der Waals surface area contributed by atoms with Crippen molar-refractivity contribution in [2.45, 2.75) is 30.5 Å². The fraction of sp³-hybridized carbons (Fsp3) is 0.857. The smallest absolute Gasteiger partial charge is 0.256 e. The van der Waals surface area contributed by atoms with E-state index in [1.54, 1.807) is 0 Å². The van der Waals surface area contributed by atoms with Gasteiger partial charge in [0, 0.05) is 1.37 Å². The summed E-state index contributed by atoms with van der Waals surface area (Å²) in [7, 11) is 0. The Hall–Kier alpha value is -0.530. The maximum Gasteiger partial charge on any atom is 0.256 e. The first-order chi connectivity index (χ1) is 6.45. The van der Waals surface area contributed by atoms with Crippen LogP contribution in [0.1, 0.15) is 8.27 Å². The Kier molecular flexibility index (Phi) is 2.09. The molecule has 0 spiro atoms. The van der Waals surface area contributed by atoms with Gasteiger partial charge in [0.2, 0.25) is 0 Å². The zero-order valence-electron chi connectivity index (χ0n) is 7.75. The van der Waals surface area contributed by atoms with Gasteiger partial charge in [0.25, 0.3) is 5.79 Å². The lowest BCUT2D eigenvalue weighted by atomic mass is 9.91. The van der Waals surface area contributed by atoms with E-state index in [0.29, 0.717) is 0 Å². The SMILES string of the molecule is [2H]C[C@@]1(O)[C@H](O)[C@@H](CO)OC1(O)C=O. The molecule has 1 saturated heterocycles. The van der Waals surface area contributed by atoms with Gasteiger partial charge in [-0.3, -0.25) is 4.79 Å². The van der Waals surface area contributed by atoms with E-state index in [4.69, 9.17) is 6.48 Å². The summed E-state index contributed by atoms with van der Waals surface area (Å²) in [6.07, 6.45) is -3.05. The van der Waals surface area contributed by atoms with Gasteiger partial charge < -0.3 is 25.2 Å². The fourth-order valence-corrected chi connectivity index (χ4v) is 1.18. The first-order valence-electron chi connectivity index (χ1n) is 4.33. The summed E-state index contributed by atoms with van der Waals surface area (Å²) in [4.78, 5) is 10.5. The van der Waals surface area contributed by atoms with Crippen LogP contribution in [0, 0.1) is 0 Å². The topological polar surface area (TPSA) is 107 Å². The van der Waals surface area contributed by atoms with Crippen molar-refractivity contribution in [3.8, 4) is 0 Å². The lowest BCUT2D eigenvalue weighted by Gasteiger charge is -2.29. The van der Waals surface area contributed by atoms with Crippen LogP contribution in [0.5, 0.6) is 0 Å². The molecule has 0 aromatic rings. The van der Waals surface area contributed by atoms with Crippen LogP contribution in [0.15, 0.2) is 0 Å². The maximum absolute atomic E-state index is 10.5. The second kappa shape index (κ2) is 3.00. The Bertz CT molecular complexity index is 236. The summed E-state index contributed by atoms with van der Waals surface area (Å²) in [5.74, 6) is -2.64. The highest BCUT2D eigenvalue weighted by atomic mass is 16.7. The van der Waals surface area contributed by atoms with Crippen LogP contribution in [0.25, 0.3) is 0 Å². The van der Waals surface area contributed by atoms with Gasteiger partial charge in [0.15, 0.2) is 11.9 Å². The van der Waals surface area contributed by atoms with Crippen LogP contribution in [-0.2, 0) is 9.53 Å². The van der Waals surface area contributed by atoms with Crippen molar-refractivity contribution in [1.29, 1.82) is 0 Å². The number of carbonyl (C=O) groups excluding carboxylic acids is 1. The molecular formula is C7H12O6. The number of hydrogen-bond acceptors (Lipinski definition) is 6. The van der Waals surface area contributed by atoms with Gasteiger partial charge >= 0.3 is 0 Å². The third-order valence-electron chi connectivity index (χ3n) is 2.13. The predicted molar refractivity (Wildman–Crippen MR) is 39.6 cm³/mol. The van der Waals surface area contributed by atoms with E-state index in [0.717, 1.165) is 0 Å². The predicted octanol–water partition coefficient (Wildman–Crippen LogP) is -2.62. The molecule has 4 atom stereocenters. The Morgan fingerprint density at radius 1 is 1.69 bits per heavy atom. The van der Waals surface area contributed by atoms with E-state index in [1.807, 2.05) is 0 Å². The second-order valence-electron chi connectivity index (χ2n) is 3.02. The Morgan fingerprint density at radius 3 is 2.62 bits per heavy atom. The highest BCUT2D eigenvalue weighted by Gasteiger charge is 2.62. The Morgan fingerprint density at radius 2 is 2.31 bits per heavy atom. The van der Waals surface area contributed by atoms with Crippen molar-refractivity contribution in [1.82, 2.24) is 0 Å². The normalized spacial score (nSPS) is 51.8. The summed E-state index contributed by atoms with van der Waals surface area (Å²) in [6, 6.07) is 0. The first-order valence-corrected chi connectivity index (χ1v) is 3.62. The zero-order valence-corrected chi connectivity index (χ0v) is 6.75. The molecule has 1 fully saturated rings. The molecule has 13 heavy (non-hydrogen) atoms. The minimum Gasteiger partial charge on any atom is -0.394 e. The van der Waals surface area contributed by atoms with Gasteiger partial charge in [0.05, 0.1) is 6.61 Å². The quantitative estimate of drug-likeness (QED) is 0.357. The molecular weight excluding hydrogens is 180 g/mol. The number of aliphatic hydroxyl groups is 4. The van der Waals surface area contributed by atoms with Crippen molar-refractivity contribution >= 4 is 6.29 Å². The van der Waals surface area contributed by atoms with Crippen LogP contribution in [-0.4, -0.2) is 56.9 Å². The maximum atomic E-state index is 10.5. The van der Waals surface area contributed by atoms with Gasteiger partial charge in [0.1, 0.15) is 12.2 Å². The summed E-state index contributed by atoms with van der Waals surface area (Å²) >= 11 is 0. The second-order valence-corrected chi connectivity index (χ2v) is 3.02. The van der Waals surface area contributed by atoms with Crippen molar-refractivity contribution in [3.63, 3.8) is 0 Å². The van der Waals surface area contributed by atoms with Gasteiger partial charge in [-0.1, -0.05) is 0 Å². The summed E-state index contributed by atoms with van der Waals surface area (Å²) in [5.41, 5.74) is -2.40. The number of rotatable bonds is 2. The highest BCUT2D eigenvalue weighted by Crippen LogP contribution is 2.36. The van der Waals surface area contributed by atoms with Gasteiger partial charge in [-0.2, -0.15) is 0 Å². The van der Waals surface area contributed by atoms with Crippen molar-refractivity contribution in [2.24, 2.45) is 0 Å². The largest absolute Gasteiger partial charge is 0.394 e. The van der Waals surface area contributed by atoms with Crippen molar-refractivity contribution in [2.75, 3.05) is 6.61 Å². The molecule has 1 heterocycles. The zero-order chi connectivity index (χ0) is 11.0. The summed E-state index contributed by atoms with van der Waals surface area (Å²) in [6.45, 7) is -1.49. The highest BCUT2D eigenvalue weighted by molar-refractivity contribution is 5.63. The van der Waals surface area contributed by atoms with E-state index in [1.165, 1.54) is 0 Å². The number of ether oxygens (including phenoxy) is 1. The van der Waals surface area contributed by atoms with Crippen LogP contribution >= 0.6 is 0 Å². The Balaban J connectivity index is 3.05. The number of hydrogen-bond donors (Lipinski definition) is 4. The lowest BCUT2D eigenvalue weighted by Crippen LogP contribution is -2.55. The van der Waals surface area contributed by atoms with Crippen LogP contribution < -0.4 is 0 Å². The molecule has 1 rings (SSSR count). The molecule has 0 aliphatic carbocycles. The van der Waals surface area contributed by atoms with E-state index in [-0.39, 0.29) is 6.29 Å². The molecule has 6 nitrogen and oxygen atoms in total. The molecule has 0 amide bonds. The van der Waals surface area contributed by atoms with Crippen molar-refractivity contribution in [3.05, 3.63) is 0 Å². The number of aliphatic hydroxyl groups excluding tert-OH is 2. The average molecular weight is 193 g/mol. The minimum absolute atomic E-state index is 0.0968. The van der Waals surface area contributed by atoms with Gasteiger partial charge in [-0.15, -0.1) is 0 Å². The van der Waals surface area contributed by atoms with E-state index in [2.05, 4.69) is 4.74 Å². The average Bonchev–Trinajstić information content (AvgIpc) is 2.40. The van der Waals surface area contributed by atoms with Gasteiger partial charge in [-0.25, -0.2) is 0 Å². The van der Waals surface area contributed by atoms with Gasteiger partial charge in [-0.05, 0) is 6.90 Å². The molecule has 0 aromatic heterocycles. The molecule has 0 bridgehead atoms. The molecule has 0 radical (unpaired) electrons. The van der Waals surface area contributed by atoms with E-state index >= 15 is 0 Å². The van der Waals surface area contributed by atoms with Crippen molar-refractivity contribution < 1.29 is 31.3 Å². The molecule has 1 unspecified atom stereocenters. The molecule has 76 valence electrons. The monoisotopic (exact) mass is 193 g/mol. The lowest BCUT2D eigenvalue weighted by molar-refractivity contribution is -0.239. The summed E-state index contributed by atoms with van der Waals surface area (Å²) < 4.78 is 11.5. The number of carbonyl (C=O) groups is 1. The molecule has 1 aliphatic heterocycles. The van der Waals surface area contributed by atoms with Crippen LogP contribution in [0.4, 0.5) is 0 Å². The number of aldehydes is 1. The van der Waals surface area contributed by atoms with Crippen LogP contribution in [0.2, 0.25) is 0 Å². The standard InChI is InChI=1S/C7H12O6/c1-6(11)5(10)4(2-8)13-7(6,12)3-9/h3-5,8,10-12H,2H2,1H3/t4-,5-,6-,7?/m1/s1/i1D. The van der Waals surface area contributed by atoms with E-state index < -0.39 is 37.1 Å². The molecule has 0 aromatic carbocycles.